The molecule has 0 saturated heterocycles. The van der Waals surface area contributed by atoms with Gasteiger partial charge in [0.2, 0.25) is 0 Å². The van der Waals surface area contributed by atoms with Crippen molar-refractivity contribution in [1.29, 1.82) is 0 Å². The Balaban J connectivity index is 1.31. The predicted octanol–water partition coefficient (Wildman–Crippen LogP) is 7.02. The fourth-order valence-electron chi connectivity index (χ4n) is 5.06. The van der Waals surface area contributed by atoms with E-state index in [2.05, 4.69) is 4.98 Å². The van der Waals surface area contributed by atoms with Gasteiger partial charge in [-0.25, -0.2) is 18.8 Å². The van der Waals surface area contributed by atoms with Gasteiger partial charge in [0, 0.05) is 5.92 Å². The SMILES string of the molecule is O=C(CSc1nc2ccccc2o1)N1N=C2/C(=C\c3ccc(F)cc3)CCC[C@@H]2[C@H]1c1ccc(F)cc1. The smallest absolute Gasteiger partial charge is 0.257 e. The van der Waals surface area contributed by atoms with Gasteiger partial charge >= 0.3 is 0 Å². The molecule has 4 aromatic rings. The molecule has 1 aromatic heterocycles. The number of nitrogens with zero attached hydrogens (tertiary/aromatic N) is 3. The Bertz CT molecular complexity index is 1480. The second-order valence-corrected chi connectivity index (χ2v) is 10.1. The molecule has 3 aromatic carbocycles. The molecule has 0 unspecified atom stereocenters. The molecule has 5 nitrogen and oxygen atoms in total. The lowest BCUT2D eigenvalue weighted by Gasteiger charge is -2.29. The van der Waals surface area contributed by atoms with E-state index >= 15 is 0 Å². The number of hydrazone groups is 1. The number of benzene rings is 3. The molecule has 0 spiro atoms. The van der Waals surface area contributed by atoms with Crippen LogP contribution in [0.5, 0.6) is 0 Å². The Labute approximate surface area is 216 Å². The monoisotopic (exact) mass is 515 g/mol. The normalized spacial score (nSPS) is 20.3. The lowest BCUT2D eigenvalue weighted by atomic mass is 9.77. The number of oxazole rings is 1. The van der Waals surface area contributed by atoms with Crippen LogP contribution in [0.25, 0.3) is 17.2 Å². The maximum absolute atomic E-state index is 13.7. The zero-order chi connectivity index (χ0) is 25.4. The lowest BCUT2D eigenvalue weighted by molar-refractivity contribution is -0.130. The molecule has 1 amide bonds. The van der Waals surface area contributed by atoms with Crippen LogP contribution in [-0.2, 0) is 4.79 Å². The summed E-state index contributed by atoms with van der Waals surface area (Å²) in [5.74, 6) is -0.696. The van der Waals surface area contributed by atoms with E-state index in [1.807, 2.05) is 30.3 Å². The van der Waals surface area contributed by atoms with Crippen molar-refractivity contribution in [3.8, 4) is 0 Å². The Hall–Kier alpha value is -3.78. The first kappa shape index (κ1) is 23.6. The number of hydrogen-bond acceptors (Lipinski definition) is 5. The lowest BCUT2D eigenvalue weighted by Crippen LogP contribution is -2.32. The summed E-state index contributed by atoms with van der Waals surface area (Å²) in [7, 11) is 0. The van der Waals surface area contributed by atoms with Crippen molar-refractivity contribution >= 4 is 40.6 Å². The number of hydrogen-bond donors (Lipinski definition) is 0. The summed E-state index contributed by atoms with van der Waals surface area (Å²) in [4.78, 5) is 18.0. The van der Waals surface area contributed by atoms with Gasteiger partial charge in [-0.3, -0.25) is 4.79 Å². The highest BCUT2D eigenvalue weighted by atomic mass is 32.2. The van der Waals surface area contributed by atoms with E-state index < -0.39 is 0 Å². The van der Waals surface area contributed by atoms with Crippen LogP contribution in [0, 0.1) is 17.6 Å². The van der Waals surface area contributed by atoms with Crippen LogP contribution in [0.15, 0.2) is 93.1 Å². The maximum atomic E-state index is 13.7. The number of aromatic nitrogens is 1. The molecule has 2 atom stereocenters. The second-order valence-electron chi connectivity index (χ2n) is 9.18. The van der Waals surface area contributed by atoms with Gasteiger partial charge in [0.05, 0.1) is 17.5 Å². The standard InChI is InChI=1S/C29H23F2N3O2S/c30-21-12-8-18(9-13-21)16-20-4-3-5-23-27(20)33-34(28(23)19-10-14-22(31)15-11-19)26(35)17-37-29-32-24-6-1-2-7-25(24)36-29/h1-2,6-16,23,28H,3-5,17H2/b20-16-/t23-,28+/m0/s1. The molecule has 6 rings (SSSR count). The van der Waals surface area contributed by atoms with Crippen LogP contribution < -0.4 is 0 Å². The molecule has 1 aliphatic carbocycles. The highest BCUT2D eigenvalue weighted by Crippen LogP contribution is 2.44. The van der Waals surface area contributed by atoms with Crippen molar-refractivity contribution in [2.75, 3.05) is 5.75 Å². The largest absolute Gasteiger partial charge is 0.431 e. The van der Waals surface area contributed by atoms with E-state index in [4.69, 9.17) is 9.52 Å². The van der Waals surface area contributed by atoms with E-state index in [0.29, 0.717) is 10.8 Å². The third kappa shape index (κ3) is 4.81. The summed E-state index contributed by atoms with van der Waals surface area (Å²) in [5, 5.41) is 6.81. The molecule has 8 heteroatoms. The van der Waals surface area contributed by atoms with E-state index in [9.17, 15) is 13.6 Å². The van der Waals surface area contributed by atoms with E-state index in [1.165, 1.54) is 36.0 Å². The molecule has 2 aliphatic rings. The average Bonchev–Trinajstić information content (AvgIpc) is 3.51. The van der Waals surface area contributed by atoms with Gasteiger partial charge in [-0.1, -0.05) is 48.2 Å². The fraction of sp³-hybridized carbons (Fsp3) is 0.207. The number of rotatable bonds is 5. The maximum Gasteiger partial charge on any atom is 0.257 e. The number of amides is 1. The highest BCUT2D eigenvalue weighted by Gasteiger charge is 2.43. The summed E-state index contributed by atoms with van der Waals surface area (Å²) in [6, 6.07) is 19.8. The van der Waals surface area contributed by atoms with Crippen LogP contribution in [-0.4, -0.2) is 27.4 Å². The minimum Gasteiger partial charge on any atom is -0.431 e. The van der Waals surface area contributed by atoms with E-state index in [1.54, 1.807) is 29.3 Å². The van der Waals surface area contributed by atoms with Gasteiger partial charge in [-0.05, 0) is 78.4 Å². The predicted molar refractivity (Wildman–Crippen MR) is 140 cm³/mol. The van der Waals surface area contributed by atoms with Crippen molar-refractivity contribution in [2.24, 2.45) is 11.0 Å². The first-order valence-electron chi connectivity index (χ1n) is 12.2. The second kappa shape index (κ2) is 9.94. The van der Waals surface area contributed by atoms with Crippen molar-refractivity contribution in [3.05, 3.63) is 101 Å². The Morgan fingerprint density at radius 1 is 1.03 bits per heavy atom. The number of carbonyl (C=O) groups is 1. The first-order chi connectivity index (χ1) is 18.0. The minimum atomic E-state index is -0.329. The molecular weight excluding hydrogens is 492 g/mol. The van der Waals surface area contributed by atoms with Crippen LogP contribution >= 0.6 is 11.8 Å². The van der Waals surface area contributed by atoms with E-state index in [0.717, 1.165) is 47.2 Å². The summed E-state index contributed by atoms with van der Waals surface area (Å²) >= 11 is 1.23. The van der Waals surface area contributed by atoms with Crippen LogP contribution in [0.2, 0.25) is 0 Å². The molecule has 1 fully saturated rings. The molecule has 0 N–H and O–H groups in total. The summed E-state index contributed by atoms with van der Waals surface area (Å²) in [6.07, 6.45) is 4.65. The number of fused-ring (bicyclic) bond motifs is 2. The van der Waals surface area contributed by atoms with Crippen molar-refractivity contribution in [2.45, 2.75) is 30.5 Å². The van der Waals surface area contributed by atoms with Gasteiger partial charge in [-0.15, -0.1) is 0 Å². The number of thioether (sulfide) groups is 1. The van der Waals surface area contributed by atoms with Crippen molar-refractivity contribution in [1.82, 2.24) is 9.99 Å². The molecule has 0 bridgehead atoms. The molecule has 0 radical (unpaired) electrons. The molecule has 186 valence electrons. The van der Waals surface area contributed by atoms with Crippen LogP contribution in [0.3, 0.4) is 0 Å². The first-order valence-corrected chi connectivity index (χ1v) is 13.1. The van der Waals surface area contributed by atoms with Gasteiger partial charge in [0.25, 0.3) is 11.1 Å². The van der Waals surface area contributed by atoms with Gasteiger partial charge in [0.15, 0.2) is 5.58 Å². The van der Waals surface area contributed by atoms with Gasteiger partial charge in [-0.2, -0.15) is 5.10 Å². The Morgan fingerprint density at radius 2 is 1.76 bits per heavy atom. The zero-order valence-electron chi connectivity index (χ0n) is 19.8. The summed E-state index contributed by atoms with van der Waals surface area (Å²) in [6.45, 7) is 0. The molecule has 37 heavy (non-hydrogen) atoms. The summed E-state index contributed by atoms with van der Waals surface area (Å²) < 4.78 is 32.9. The summed E-state index contributed by atoms with van der Waals surface area (Å²) in [5.41, 5.74) is 5.04. The Morgan fingerprint density at radius 3 is 2.51 bits per heavy atom. The fourth-order valence-corrected chi connectivity index (χ4v) is 5.75. The van der Waals surface area contributed by atoms with Gasteiger partial charge < -0.3 is 4.42 Å². The number of carbonyl (C=O) groups excluding carboxylic acids is 1. The quantitative estimate of drug-likeness (QED) is 0.268. The Kier molecular flexibility index (Phi) is 6.34. The molecule has 2 heterocycles. The van der Waals surface area contributed by atoms with Crippen LogP contribution in [0.4, 0.5) is 8.78 Å². The topological polar surface area (TPSA) is 58.7 Å². The number of halogens is 2. The molecular formula is C29H23F2N3O2S. The molecule has 1 saturated carbocycles. The third-order valence-corrected chi connectivity index (χ3v) is 7.59. The minimum absolute atomic E-state index is 0.0100. The van der Waals surface area contributed by atoms with Gasteiger partial charge in [0.1, 0.15) is 17.2 Å². The van der Waals surface area contributed by atoms with E-state index in [-0.39, 0.29) is 35.3 Å². The highest BCUT2D eigenvalue weighted by molar-refractivity contribution is 7.99. The zero-order valence-corrected chi connectivity index (χ0v) is 20.6. The molecule has 1 aliphatic heterocycles. The number of allylic oxidation sites excluding steroid dienone is 1. The van der Waals surface area contributed by atoms with Crippen molar-refractivity contribution < 1.29 is 18.0 Å². The average molecular weight is 516 g/mol. The number of para-hydroxylation sites is 2. The van der Waals surface area contributed by atoms with Crippen molar-refractivity contribution in [3.63, 3.8) is 0 Å². The third-order valence-electron chi connectivity index (χ3n) is 6.77. The van der Waals surface area contributed by atoms with Crippen LogP contribution in [0.1, 0.15) is 36.4 Å².